The predicted molar refractivity (Wildman–Crippen MR) is 347 cm³/mol. The largest absolute Gasteiger partial charge is 0.481 e. The van der Waals surface area contributed by atoms with Gasteiger partial charge in [-0.05, 0) is 73.7 Å². The molecule has 2 aromatic rings. The molecule has 33 heteroatoms. The molecular formula is C59H93N19O13S. The number of rotatable bonds is 43. The second-order valence-corrected chi connectivity index (χ2v) is 22.2. The Kier molecular flexibility index (Phi) is 36.4. The molecule has 0 saturated heterocycles. The van der Waals surface area contributed by atoms with E-state index >= 15 is 0 Å². The van der Waals surface area contributed by atoms with Gasteiger partial charge in [-0.15, -0.1) is 0 Å². The minimum atomic E-state index is -1.92. The van der Waals surface area contributed by atoms with Crippen molar-refractivity contribution in [3.05, 3.63) is 71.8 Å². The topological polar surface area (TPSA) is 544 Å². The summed E-state index contributed by atoms with van der Waals surface area (Å²) in [4.78, 5) is 177. The molecule has 0 spiro atoms. The van der Waals surface area contributed by atoms with Gasteiger partial charge in [0, 0.05) is 32.5 Å². The Labute approximate surface area is 540 Å². The number of thiol groups is 1. The van der Waals surface area contributed by atoms with Crippen LogP contribution in [-0.4, -0.2) is 186 Å². The molecule has 0 unspecified atom stereocenters. The lowest BCUT2D eigenvalue weighted by Crippen LogP contribution is -2.62. The van der Waals surface area contributed by atoms with E-state index in [0.29, 0.717) is 11.8 Å². The second kappa shape index (κ2) is 42.6. The number of carboxylic acid groups (broad SMARTS) is 1. The number of guanidine groups is 3. The number of hydrogen-bond acceptors (Lipinski definition) is 17. The lowest BCUT2D eigenvalue weighted by atomic mass is 9.96. The standard InChI is InChI=1S/C59H93N19O13S/c1-5-34(3)48(76-51(86)40(21-14-25-68-58(63)64)72-45(81)32-70-44(80)31-71-50(85)39(60)28-36-16-9-7-10-17-36)54(89)74-42(30-47(83)84)53(88)73-41(22-15-26-69-59(65)66)52(87)77-49(35(4)6-2)55(90)75-43(29-37-18-11-8-12-19-37)56(91)78(46(82)23-27-92)38(33-79)20-13-24-67-57(61)62/h7-12,16-19,33-35,38-43,48-49,92H,5-6,13-15,20-32,60H2,1-4H3,(H,70,80)(H,71,85)(H,72,81)(H,73,88)(H,74,89)(H,75,90)(H,76,86)(H,77,87)(H,83,84)(H4,61,62,67)(H4,63,64,68)(H4,65,66,69)/t34-,35-,38-,39-,40-,41-,42-,43-,48-,49-/m0/s1. The van der Waals surface area contributed by atoms with Crippen molar-refractivity contribution in [3.63, 3.8) is 0 Å². The number of carboxylic acids is 1. The number of aliphatic imine (C=N–C) groups is 3. The number of carbonyl (C=O) groups is 12. The van der Waals surface area contributed by atoms with E-state index in [4.69, 9.17) is 40.1 Å². The summed E-state index contributed by atoms with van der Waals surface area (Å²) in [5.41, 5.74) is 40.3. The van der Waals surface area contributed by atoms with Crippen molar-refractivity contribution in [1.82, 2.24) is 47.4 Å². The van der Waals surface area contributed by atoms with Gasteiger partial charge in [0.15, 0.2) is 17.9 Å². The minimum Gasteiger partial charge on any atom is -0.481 e. The number of imide groups is 1. The molecular weight excluding hydrogens is 1210 g/mol. The highest BCUT2D eigenvalue weighted by Crippen LogP contribution is 2.17. The van der Waals surface area contributed by atoms with E-state index in [1.807, 2.05) is 0 Å². The normalized spacial score (nSPS) is 14.1. The lowest BCUT2D eigenvalue weighted by molar-refractivity contribution is -0.152. The summed E-state index contributed by atoms with van der Waals surface area (Å²) in [5.74, 6) is -12.7. The number of amides is 10. The molecule has 0 heterocycles. The number of nitrogens with two attached hydrogens (primary N) is 7. The molecule has 32 nitrogen and oxygen atoms in total. The van der Waals surface area contributed by atoms with Crippen molar-refractivity contribution in [2.45, 2.75) is 153 Å². The van der Waals surface area contributed by atoms with Crippen molar-refractivity contribution in [3.8, 4) is 0 Å². The Bertz CT molecular complexity index is 2860. The Morgan fingerprint density at radius 3 is 1.41 bits per heavy atom. The summed E-state index contributed by atoms with van der Waals surface area (Å²) in [6.45, 7) is 5.41. The van der Waals surface area contributed by atoms with Crippen LogP contribution in [0, 0.1) is 11.8 Å². The van der Waals surface area contributed by atoms with Gasteiger partial charge in [0.25, 0.3) is 5.91 Å². The lowest BCUT2D eigenvalue weighted by Gasteiger charge is -2.32. The van der Waals surface area contributed by atoms with E-state index in [1.165, 1.54) is 0 Å². The van der Waals surface area contributed by atoms with Crippen molar-refractivity contribution in [2.75, 3.05) is 38.5 Å². The second-order valence-electron chi connectivity index (χ2n) is 21.8. The minimum absolute atomic E-state index is 0.00274. The predicted octanol–water partition coefficient (Wildman–Crippen LogP) is -4.09. The van der Waals surface area contributed by atoms with Gasteiger partial charge in [-0.1, -0.05) is 101 Å². The first-order valence-corrected chi connectivity index (χ1v) is 30.8. The number of nitrogens with one attached hydrogen (secondary N) is 8. The van der Waals surface area contributed by atoms with Crippen LogP contribution in [0.2, 0.25) is 0 Å². The fraction of sp³-hybridized carbons (Fsp3) is 0.542. The van der Waals surface area contributed by atoms with Gasteiger partial charge < -0.3 is 92.6 Å². The Morgan fingerprint density at radius 2 is 0.967 bits per heavy atom. The zero-order valence-corrected chi connectivity index (χ0v) is 53.4. The number of aldehydes is 1. The van der Waals surface area contributed by atoms with Gasteiger partial charge in [-0.3, -0.25) is 72.6 Å². The van der Waals surface area contributed by atoms with Crippen LogP contribution in [0.1, 0.15) is 103 Å². The third-order valence-electron chi connectivity index (χ3n) is 14.4. The van der Waals surface area contributed by atoms with Crippen LogP contribution in [0.5, 0.6) is 0 Å². The van der Waals surface area contributed by atoms with Gasteiger partial charge in [0.1, 0.15) is 42.5 Å². The third-order valence-corrected chi connectivity index (χ3v) is 14.7. The van der Waals surface area contributed by atoms with E-state index in [2.05, 4.69) is 70.1 Å². The molecule has 0 fully saturated rings. The molecule has 0 aliphatic rings. The summed E-state index contributed by atoms with van der Waals surface area (Å²) in [7, 11) is 0. The first kappa shape index (κ1) is 78.7. The van der Waals surface area contributed by atoms with Crippen molar-refractivity contribution in [1.29, 1.82) is 0 Å². The summed E-state index contributed by atoms with van der Waals surface area (Å²) >= 11 is 4.17. The van der Waals surface area contributed by atoms with E-state index in [0.717, 1.165) is 10.5 Å². The van der Waals surface area contributed by atoms with Gasteiger partial charge in [-0.25, -0.2) is 0 Å². The van der Waals surface area contributed by atoms with Crippen molar-refractivity contribution < 1.29 is 62.6 Å². The van der Waals surface area contributed by atoms with Gasteiger partial charge in [0.05, 0.1) is 31.6 Å². The molecule has 508 valence electrons. The van der Waals surface area contributed by atoms with Crippen LogP contribution >= 0.6 is 12.6 Å². The van der Waals surface area contributed by atoms with E-state index in [9.17, 15) is 62.6 Å². The summed E-state index contributed by atoms with van der Waals surface area (Å²) < 4.78 is 0. The van der Waals surface area contributed by atoms with Crippen LogP contribution in [0.4, 0.5) is 0 Å². The van der Waals surface area contributed by atoms with Crippen LogP contribution in [0.25, 0.3) is 0 Å². The van der Waals surface area contributed by atoms with Crippen LogP contribution in [0.3, 0.4) is 0 Å². The molecule has 2 aromatic carbocycles. The molecule has 0 aliphatic carbocycles. The van der Waals surface area contributed by atoms with Crippen molar-refractivity contribution in [2.24, 2.45) is 66.9 Å². The number of hydrogen-bond donors (Lipinski definition) is 17. The molecule has 92 heavy (non-hydrogen) atoms. The Hall–Kier alpha value is -9.40. The zero-order chi connectivity index (χ0) is 68.9. The third kappa shape index (κ3) is 29.9. The van der Waals surface area contributed by atoms with Gasteiger partial charge in [-0.2, -0.15) is 12.6 Å². The molecule has 10 atom stereocenters. The molecule has 0 aliphatic heterocycles. The quantitative estimate of drug-likeness (QED) is 0.00987. The van der Waals surface area contributed by atoms with Crippen LogP contribution in [-0.2, 0) is 70.4 Å². The number of benzene rings is 2. The Balaban J connectivity index is 2.48. The maximum Gasteiger partial charge on any atom is 0.305 e. The SMILES string of the molecule is CC[C@H](C)[C@H](NC(=O)[C@H](CCCN=C(N)N)NC(=O)CNC(=O)CNC(=O)[C@@H](N)Cc1ccccc1)C(=O)N[C@@H](CC(=O)O)C(=O)N[C@@H](CCCN=C(N)N)C(=O)N[C@H](C(=O)N[C@@H](Cc1ccccc1)C(=O)N(C(=O)CCS)[C@H](C=O)CCCN=C(N)N)[C@@H](C)CC. The number of aliphatic carboxylic acids is 1. The van der Waals surface area contributed by atoms with Gasteiger partial charge >= 0.3 is 5.97 Å². The van der Waals surface area contributed by atoms with E-state index in [1.54, 1.807) is 88.4 Å². The summed E-state index contributed by atoms with van der Waals surface area (Å²) in [6, 6.07) is 5.73. The first-order chi connectivity index (χ1) is 43.6. The zero-order valence-electron chi connectivity index (χ0n) is 52.5. The van der Waals surface area contributed by atoms with E-state index < -0.39 is 145 Å². The number of carbonyl (C=O) groups excluding carboxylic acids is 11. The monoisotopic (exact) mass is 1310 g/mol. The van der Waals surface area contributed by atoms with Crippen LogP contribution < -0.4 is 82.7 Å². The van der Waals surface area contributed by atoms with Crippen molar-refractivity contribution >= 4 is 102 Å². The molecule has 0 saturated carbocycles. The summed E-state index contributed by atoms with van der Waals surface area (Å²) in [6.07, 6.45) is -0.474. The van der Waals surface area contributed by atoms with Gasteiger partial charge in [0.2, 0.25) is 53.2 Å². The van der Waals surface area contributed by atoms with Crippen LogP contribution in [0.15, 0.2) is 75.6 Å². The molecule has 0 radical (unpaired) electrons. The highest BCUT2D eigenvalue weighted by molar-refractivity contribution is 7.80. The molecule has 0 aromatic heterocycles. The average Bonchev–Trinajstić information content (AvgIpc) is 0.875. The summed E-state index contributed by atoms with van der Waals surface area (Å²) in [5, 5.41) is 30.2. The first-order valence-electron chi connectivity index (χ1n) is 30.1. The molecule has 2 rings (SSSR count). The highest BCUT2D eigenvalue weighted by atomic mass is 32.1. The fourth-order valence-corrected chi connectivity index (χ4v) is 9.24. The molecule has 0 bridgehead atoms. The number of nitrogens with zero attached hydrogens (tertiary/aromatic N) is 4. The molecule has 10 amide bonds. The maximum absolute atomic E-state index is 14.7. The Morgan fingerprint density at radius 1 is 0.543 bits per heavy atom. The maximum atomic E-state index is 14.7. The molecule has 23 N–H and O–H groups in total. The highest BCUT2D eigenvalue weighted by Gasteiger charge is 2.39. The fourth-order valence-electron chi connectivity index (χ4n) is 9.05. The van der Waals surface area contributed by atoms with E-state index in [-0.39, 0.29) is 114 Å². The smallest absolute Gasteiger partial charge is 0.305 e. The average molecular weight is 1310 g/mol.